The number of carbonyl (C=O) groups excluding carboxylic acids is 1. The summed E-state index contributed by atoms with van der Waals surface area (Å²) in [5.74, 6) is 0.895. The van der Waals surface area contributed by atoms with Gasteiger partial charge in [-0.25, -0.2) is 4.79 Å². The summed E-state index contributed by atoms with van der Waals surface area (Å²) in [5.41, 5.74) is 1.23. The van der Waals surface area contributed by atoms with Crippen LogP contribution in [0.1, 0.15) is 36.4 Å². The van der Waals surface area contributed by atoms with Crippen LogP contribution in [-0.2, 0) is 11.2 Å². The van der Waals surface area contributed by atoms with Crippen molar-refractivity contribution in [2.75, 3.05) is 26.2 Å². The minimum Gasteiger partial charge on any atom is -0.370 e. The van der Waals surface area contributed by atoms with E-state index < -0.39 is 0 Å². The smallest absolute Gasteiger partial charge is 0.317 e. The molecule has 1 N–H and O–H groups in total. The lowest BCUT2D eigenvalue weighted by Gasteiger charge is -2.40. The van der Waals surface area contributed by atoms with Gasteiger partial charge in [0.2, 0.25) is 0 Å². The number of nitrogens with zero attached hydrogens (tertiary/aromatic N) is 4. The number of hydrogen-bond donors (Lipinski definition) is 1. The Bertz CT molecular complexity index is 705. The first-order valence-electron chi connectivity index (χ1n) is 8.89. The number of rotatable bonds is 5. The number of amides is 2. The quantitative estimate of drug-likeness (QED) is 0.902. The first-order valence-corrected chi connectivity index (χ1v) is 8.89. The molecular weight excluding hydrogens is 318 g/mol. The number of aromatic nitrogens is 3. The first-order chi connectivity index (χ1) is 12.3. The van der Waals surface area contributed by atoms with Crippen molar-refractivity contribution in [2.45, 2.75) is 31.4 Å². The van der Waals surface area contributed by atoms with Crippen molar-refractivity contribution in [3.8, 4) is 0 Å². The molecule has 7 nitrogen and oxygen atoms in total. The number of benzene rings is 1. The Balaban J connectivity index is 1.25. The van der Waals surface area contributed by atoms with Crippen LogP contribution < -0.4 is 5.32 Å². The molecule has 25 heavy (non-hydrogen) atoms. The Kier molecular flexibility index (Phi) is 4.65. The summed E-state index contributed by atoms with van der Waals surface area (Å²) in [6.45, 7) is 2.82. The highest BCUT2D eigenvalue weighted by molar-refractivity contribution is 5.75. The summed E-state index contributed by atoms with van der Waals surface area (Å²) in [6, 6.07) is 10.4. The van der Waals surface area contributed by atoms with E-state index in [4.69, 9.17) is 4.74 Å². The number of nitrogens with one attached hydrogen (secondary N) is 1. The van der Waals surface area contributed by atoms with Crippen LogP contribution >= 0.6 is 0 Å². The lowest BCUT2D eigenvalue weighted by atomic mass is 10.1. The summed E-state index contributed by atoms with van der Waals surface area (Å²) < 4.78 is 7.78. The zero-order valence-electron chi connectivity index (χ0n) is 14.2. The van der Waals surface area contributed by atoms with Crippen molar-refractivity contribution in [3.63, 3.8) is 0 Å². The van der Waals surface area contributed by atoms with Crippen molar-refractivity contribution in [3.05, 3.63) is 48.0 Å². The average molecular weight is 341 g/mol. The SMILES string of the molecule is O=C(NCCc1ccccc1)N1CC(n2cnnc2C2CCCO2)C1. The number of urea groups is 1. The third kappa shape index (κ3) is 3.51. The molecule has 2 fully saturated rings. The first kappa shape index (κ1) is 16.1. The van der Waals surface area contributed by atoms with Gasteiger partial charge >= 0.3 is 6.03 Å². The van der Waals surface area contributed by atoms with Gasteiger partial charge < -0.3 is 19.5 Å². The van der Waals surface area contributed by atoms with E-state index in [0.29, 0.717) is 19.6 Å². The monoisotopic (exact) mass is 341 g/mol. The maximum atomic E-state index is 12.2. The molecule has 7 heteroatoms. The minimum atomic E-state index is -0.000998. The molecule has 132 valence electrons. The van der Waals surface area contributed by atoms with Gasteiger partial charge in [0.05, 0.1) is 6.04 Å². The van der Waals surface area contributed by atoms with Crippen LogP contribution in [0.5, 0.6) is 0 Å². The van der Waals surface area contributed by atoms with E-state index >= 15 is 0 Å². The summed E-state index contributed by atoms with van der Waals surface area (Å²) in [5, 5.41) is 11.3. The Morgan fingerprint density at radius 2 is 2.12 bits per heavy atom. The Morgan fingerprint density at radius 3 is 2.88 bits per heavy atom. The molecule has 3 heterocycles. The molecule has 1 aromatic carbocycles. The van der Waals surface area contributed by atoms with Crippen molar-refractivity contribution >= 4 is 6.03 Å². The van der Waals surface area contributed by atoms with Crippen LogP contribution in [0, 0.1) is 0 Å². The molecule has 0 aliphatic carbocycles. The van der Waals surface area contributed by atoms with E-state index in [1.54, 1.807) is 6.33 Å². The summed E-state index contributed by atoms with van der Waals surface area (Å²) in [4.78, 5) is 14.0. The van der Waals surface area contributed by atoms with E-state index in [-0.39, 0.29) is 18.2 Å². The second-order valence-electron chi connectivity index (χ2n) is 6.62. The molecule has 0 saturated carbocycles. The lowest BCUT2D eigenvalue weighted by molar-refractivity contribution is 0.0869. The second-order valence-corrected chi connectivity index (χ2v) is 6.62. The third-order valence-corrected chi connectivity index (χ3v) is 4.89. The van der Waals surface area contributed by atoms with Crippen molar-refractivity contribution in [2.24, 2.45) is 0 Å². The van der Waals surface area contributed by atoms with Crippen LogP contribution in [0.15, 0.2) is 36.7 Å². The number of ether oxygens (including phenoxy) is 1. The molecule has 2 amide bonds. The van der Waals surface area contributed by atoms with Gasteiger partial charge in [0.25, 0.3) is 0 Å². The van der Waals surface area contributed by atoms with Gasteiger partial charge in [0.15, 0.2) is 5.82 Å². The highest BCUT2D eigenvalue weighted by Gasteiger charge is 2.35. The fourth-order valence-corrected chi connectivity index (χ4v) is 3.41. The van der Waals surface area contributed by atoms with Crippen LogP contribution in [0.2, 0.25) is 0 Å². The topological polar surface area (TPSA) is 72.3 Å². The summed E-state index contributed by atoms with van der Waals surface area (Å²) >= 11 is 0. The van der Waals surface area contributed by atoms with E-state index in [9.17, 15) is 4.79 Å². The molecule has 4 rings (SSSR count). The molecule has 0 bridgehead atoms. The van der Waals surface area contributed by atoms with E-state index in [1.165, 1.54) is 5.56 Å². The molecule has 0 spiro atoms. The van der Waals surface area contributed by atoms with Crippen molar-refractivity contribution < 1.29 is 9.53 Å². The van der Waals surface area contributed by atoms with Gasteiger partial charge in [-0.3, -0.25) is 0 Å². The van der Waals surface area contributed by atoms with Crippen LogP contribution in [-0.4, -0.2) is 51.9 Å². The molecule has 1 unspecified atom stereocenters. The van der Waals surface area contributed by atoms with Gasteiger partial charge in [-0.1, -0.05) is 30.3 Å². The molecule has 1 atom stereocenters. The predicted octanol–water partition coefficient (Wildman–Crippen LogP) is 1.94. The summed E-state index contributed by atoms with van der Waals surface area (Å²) in [6.07, 6.45) is 4.72. The Hall–Kier alpha value is -2.41. The Labute approximate surface area is 147 Å². The Morgan fingerprint density at radius 1 is 1.28 bits per heavy atom. The molecule has 2 aliphatic heterocycles. The average Bonchev–Trinajstić information content (AvgIpc) is 3.25. The highest BCUT2D eigenvalue weighted by atomic mass is 16.5. The lowest BCUT2D eigenvalue weighted by Crippen LogP contribution is -2.54. The van der Waals surface area contributed by atoms with Gasteiger partial charge in [-0.2, -0.15) is 0 Å². The normalized spacial score (nSPS) is 20.5. The fraction of sp³-hybridized carbons (Fsp3) is 0.500. The maximum Gasteiger partial charge on any atom is 0.317 e. The number of likely N-dealkylation sites (tertiary alicyclic amines) is 1. The third-order valence-electron chi connectivity index (χ3n) is 4.89. The van der Waals surface area contributed by atoms with Gasteiger partial charge in [-0.05, 0) is 24.8 Å². The fourth-order valence-electron chi connectivity index (χ4n) is 3.41. The predicted molar refractivity (Wildman–Crippen MR) is 92.1 cm³/mol. The zero-order chi connectivity index (χ0) is 17.1. The standard InChI is InChI=1S/C18H23N5O2/c24-18(19-9-8-14-5-2-1-3-6-14)22-11-15(12-22)23-13-20-21-17(23)16-7-4-10-25-16/h1-3,5-6,13,15-16H,4,7-12H2,(H,19,24). The minimum absolute atomic E-state index is 0.000998. The van der Waals surface area contributed by atoms with E-state index in [2.05, 4.69) is 32.2 Å². The molecular formula is C18H23N5O2. The number of carbonyl (C=O) groups is 1. The zero-order valence-corrected chi connectivity index (χ0v) is 14.2. The van der Waals surface area contributed by atoms with Crippen molar-refractivity contribution in [1.82, 2.24) is 25.0 Å². The van der Waals surface area contributed by atoms with Crippen LogP contribution in [0.25, 0.3) is 0 Å². The molecule has 0 radical (unpaired) electrons. The highest BCUT2D eigenvalue weighted by Crippen LogP contribution is 2.30. The van der Waals surface area contributed by atoms with Gasteiger partial charge in [0.1, 0.15) is 12.4 Å². The molecule has 2 aromatic rings. The van der Waals surface area contributed by atoms with Gasteiger partial charge in [-0.15, -0.1) is 10.2 Å². The number of hydrogen-bond acceptors (Lipinski definition) is 4. The second kappa shape index (κ2) is 7.23. The molecule has 2 saturated heterocycles. The maximum absolute atomic E-state index is 12.2. The van der Waals surface area contributed by atoms with Crippen LogP contribution in [0.3, 0.4) is 0 Å². The van der Waals surface area contributed by atoms with E-state index in [0.717, 1.165) is 31.7 Å². The van der Waals surface area contributed by atoms with Crippen LogP contribution in [0.4, 0.5) is 4.79 Å². The van der Waals surface area contributed by atoms with E-state index in [1.807, 2.05) is 23.1 Å². The summed E-state index contributed by atoms with van der Waals surface area (Å²) in [7, 11) is 0. The van der Waals surface area contributed by atoms with Gasteiger partial charge in [0, 0.05) is 26.2 Å². The van der Waals surface area contributed by atoms with Crippen molar-refractivity contribution in [1.29, 1.82) is 0 Å². The molecule has 1 aromatic heterocycles. The largest absolute Gasteiger partial charge is 0.370 e. The molecule has 2 aliphatic rings.